The van der Waals surface area contributed by atoms with Gasteiger partial charge in [0.1, 0.15) is 0 Å². The van der Waals surface area contributed by atoms with Crippen LogP contribution in [0.25, 0.3) is 10.9 Å². The number of hydrogen-bond donors (Lipinski definition) is 1. The van der Waals surface area contributed by atoms with Crippen LogP contribution in [0.4, 0.5) is 0 Å². The maximum absolute atomic E-state index is 11.0. The Morgan fingerprint density at radius 2 is 2.00 bits per heavy atom. The van der Waals surface area contributed by atoms with Crippen molar-refractivity contribution >= 4 is 16.8 Å². The van der Waals surface area contributed by atoms with Crippen LogP contribution in [-0.4, -0.2) is 22.2 Å². The Hall–Kier alpha value is -1.84. The topological polar surface area (TPSA) is 46.9 Å². The van der Waals surface area contributed by atoms with E-state index in [1.165, 1.54) is 16.5 Å². The normalized spacial score (nSPS) is 12.1. The molecule has 0 aliphatic rings. The number of amides is 1. The molecule has 0 aliphatic heterocycles. The smallest absolute Gasteiger partial charge is 0.216 e. The third kappa shape index (κ3) is 3.49. The molecule has 1 N–H and O–H groups in total. The zero-order valence-corrected chi connectivity index (χ0v) is 14.5. The van der Waals surface area contributed by atoms with E-state index in [2.05, 4.69) is 62.8 Å². The largest absolute Gasteiger partial charge is 0.356 e. The highest BCUT2D eigenvalue weighted by molar-refractivity contribution is 5.83. The average molecular weight is 301 g/mol. The van der Waals surface area contributed by atoms with E-state index in [9.17, 15) is 4.79 Å². The van der Waals surface area contributed by atoms with Crippen LogP contribution >= 0.6 is 0 Å². The number of carbonyl (C=O) groups is 1. The molecule has 2 rings (SSSR count). The van der Waals surface area contributed by atoms with E-state index < -0.39 is 0 Å². The predicted molar refractivity (Wildman–Crippen MR) is 91.2 cm³/mol. The van der Waals surface area contributed by atoms with Crippen molar-refractivity contribution in [3.63, 3.8) is 0 Å². The third-order valence-electron chi connectivity index (χ3n) is 3.87. The Bertz CT molecular complexity index is 677. The second-order valence-electron chi connectivity index (χ2n) is 7.20. The minimum absolute atomic E-state index is 0.00242. The molecule has 0 atom stereocenters. The molecule has 0 bridgehead atoms. The van der Waals surface area contributed by atoms with Gasteiger partial charge in [0, 0.05) is 31.3 Å². The molecule has 0 unspecified atom stereocenters. The van der Waals surface area contributed by atoms with Gasteiger partial charge in [0.2, 0.25) is 5.91 Å². The zero-order chi connectivity index (χ0) is 16.5. The molecular weight excluding hydrogens is 274 g/mol. The summed E-state index contributed by atoms with van der Waals surface area (Å²) in [6.45, 7) is 13.1. The maximum atomic E-state index is 11.0. The Labute approximate surface area is 132 Å². The van der Waals surface area contributed by atoms with Crippen LogP contribution in [0.1, 0.15) is 58.8 Å². The van der Waals surface area contributed by atoms with Crippen LogP contribution < -0.4 is 5.32 Å². The number of hydrogen-bond acceptors (Lipinski definition) is 2. The first-order valence-electron chi connectivity index (χ1n) is 7.96. The van der Waals surface area contributed by atoms with Crippen molar-refractivity contribution in [3.8, 4) is 0 Å². The molecule has 1 aromatic carbocycles. The lowest BCUT2D eigenvalue weighted by atomic mass is 9.86. The highest BCUT2D eigenvalue weighted by Crippen LogP contribution is 2.29. The molecule has 22 heavy (non-hydrogen) atoms. The second-order valence-corrected chi connectivity index (χ2v) is 7.20. The Kier molecular flexibility index (Phi) is 4.59. The molecule has 1 aromatic heterocycles. The van der Waals surface area contributed by atoms with Crippen molar-refractivity contribution < 1.29 is 4.79 Å². The van der Waals surface area contributed by atoms with Gasteiger partial charge in [-0.3, -0.25) is 9.48 Å². The Morgan fingerprint density at radius 1 is 1.32 bits per heavy atom. The van der Waals surface area contributed by atoms with Gasteiger partial charge in [0.25, 0.3) is 0 Å². The van der Waals surface area contributed by atoms with Gasteiger partial charge in [-0.05, 0) is 30.9 Å². The Balaban J connectivity index is 2.44. The van der Waals surface area contributed by atoms with Crippen molar-refractivity contribution in [1.29, 1.82) is 0 Å². The summed E-state index contributed by atoms with van der Waals surface area (Å²) in [4.78, 5) is 11.0. The molecular formula is C18H27N3O. The summed E-state index contributed by atoms with van der Waals surface area (Å²) < 4.78 is 2.09. The van der Waals surface area contributed by atoms with Crippen molar-refractivity contribution in [1.82, 2.24) is 15.1 Å². The first-order valence-corrected chi connectivity index (χ1v) is 7.96. The molecule has 2 aromatic rings. The quantitative estimate of drug-likeness (QED) is 0.938. The van der Waals surface area contributed by atoms with Crippen molar-refractivity contribution in [3.05, 3.63) is 29.5 Å². The number of benzene rings is 1. The highest BCUT2D eigenvalue weighted by Gasteiger charge is 2.18. The second kappa shape index (κ2) is 6.11. The van der Waals surface area contributed by atoms with E-state index >= 15 is 0 Å². The van der Waals surface area contributed by atoms with Gasteiger partial charge in [0.05, 0.1) is 11.2 Å². The fourth-order valence-corrected chi connectivity index (χ4v) is 2.60. The highest BCUT2D eigenvalue weighted by atomic mass is 16.1. The van der Waals surface area contributed by atoms with E-state index in [0.29, 0.717) is 12.6 Å². The van der Waals surface area contributed by atoms with Gasteiger partial charge >= 0.3 is 0 Å². The van der Waals surface area contributed by atoms with E-state index in [0.717, 1.165) is 12.1 Å². The number of rotatable bonds is 4. The lowest BCUT2D eigenvalue weighted by Crippen LogP contribution is -2.22. The fraction of sp³-hybridized carbons (Fsp3) is 0.556. The van der Waals surface area contributed by atoms with Gasteiger partial charge < -0.3 is 5.32 Å². The number of nitrogens with one attached hydrogen (secondary N) is 1. The zero-order valence-electron chi connectivity index (χ0n) is 14.5. The molecule has 4 heteroatoms. The van der Waals surface area contributed by atoms with Crippen LogP contribution in [0.15, 0.2) is 18.2 Å². The van der Waals surface area contributed by atoms with Crippen LogP contribution in [0.2, 0.25) is 0 Å². The lowest BCUT2D eigenvalue weighted by molar-refractivity contribution is -0.118. The first-order chi connectivity index (χ1) is 10.2. The van der Waals surface area contributed by atoms with E-state index in [-0.39, 0.29) is 11.3 Å². The minimum Gasteiger partial charge on any atom is -0.356 e. The summed E-state index contributed by atoms with van der Waals surface area (Å²) >= 11 is 0. The summed E-state index contributed by atoms with van der Waals surface area (Å²) in [5.41, 5.74) is 3.67. The first kappa shape index (κ1) is 16.5. The van der Waals surface area contributed by atoms with Crippen LogP contribution in [0.5, 0.6) is 0 Å². The van der Waals surface area contributed by atoms with E-state index in [1.807, 2.05) is 0 Å². The summed E-state index contributed by atoms with van der Waals surface area (Å²) in [6.07, 6.45) is 0.755. The molecule has 1 heterocycles. The molecule has 120 valence electrons. The van der Waals surface area contributed by atoms with Crippen LogP contribution in [0.3, 0.4) is 0 Å². The molecule has 0 spiro atoms. The summed E-state index contributed by atoms with van der Waals surface area (Å²) in [6, 6.07) is 6.93. The monoisotopic (exact) mass is 301 g/mol. The summed E-state index contributed by atoms with van der Waals surface area (Å²) in [7, 11) is 0. The third-order valence-corrected chi connectivity index (χ3v) is 3.87. The summed E-state index contributed by atoms with van der Waals surface area (Å²) in [5.74, 6) is 0.00242. The van der Waals surface area contributed by atoms with E-state index in [4.69, 9.17) is 5.10 Å². The van der Waals surface area contributed by atoms with Gasteiger partial charge in [0.15, 0.2) is 0 Å². The molecule has 0 radical (unpaired) electrons. The molecule has 0 saturated carbocycles. The molecule has 0 saturated heterocycles. The number of fused-ring (bicyclic) bond motifs is 1. The standard InChI is InChI=1S/C18H27N3O/c1-12(2)21-17-11-14(18(4,5)6)7-8-15(17)16(20-21)9-10-19-13(3)22/h7-8,11-12H,9-10H2,1-6H3,(H,19,22). The van der Waals surface area contributed by atoms with Gasteiger partial charge in [-0.2, -0.15) is 5.10 Å². The number of carbonyl (C=O) groups excluding carboxylic acids is 1. The number of aromatic nitrogens is 2. The fourth-order valence-electron chi connectivity index (χ4n) is 2.60. The molecule has 1 amide bonds. The lowest BCUT2D eigenvalue weighted by Gasteiger charge is -2.19. The van der Waals surface area contributed by atoms with Gasteiger partial charge in [-0.15, -0.1) is 0 Å². The molecule has 4 nitrogen and oxygen atoms in total. The van der Waals surface area contributed by atoms with Crippen molar-refractivity contribution in [2.75, 3.05) is 6.54 Å². The van der Waals surface area contributed by atoms with Crippen LogP contribution in [-0.2, 0) is 16.6 Å². The van der Waals surface area contributed by atoms with Crippen molar-refractivity contribution in [2.45, 2.75) is 59.4 Å². The van der Waals surface area contributed by atoms with E-state index in [1.54, 1.807) is 6.92 Å². The van der Waals surface area contributed by atoms with Crippen molar-refractivity contribution in [2.24, 2.45) is 0 Å². The minimum atomic E-state index is 0.00242. The number of nitrogens with zero attached hydrogens (tertiary/aromatic N) is 2. The van der Waals surface area contributed by atoms with Gasteiger partial charge in [-0.25, -0.2) is 0 Å². The van der Waals surface area contributed by atoms with Crippen LogP contribution in [0, 0.1) is 0 Å². The molecule has 0 fully saturated rings. The summed E-state index contributed by atoms with van der Waals surface area (Å²) in [5, 5.41) is 8.81. The SMILES string of the molecule is CC(=O)NCCc1nn(C(C)C)c2cc(C(C)(C)C)ccc12. The average Bonchev–Trinajstić information content (AvgIpc) is 2.76. The van der Waals surface area contributed by atoms with Gasteiger partial charge in [-0.1, -0.05) is 32.9 Å². The maximum Gasteiger partial charge on any atom is 0.216 e. The predicted octanol–water partition coefficient (Wildman–Crippen LogP) is 3.59. The Morgan fingerprint density at radius 3 is 2.55 bits per heavy atom. The molecule has 0 aliphatic carbocycles.